The zero-order chi connectivity index (χ0) is 12.3. The highest BCUT2D eigenvalue weighted by Crippen LogP contribution is 2.26. The molecule has 0 atom stereocenters. The van der Waals surface area contributed by atoms with Gasteiger partial charge in [-0.2, -0.15) is 4.98 Å². The monoisotopic (exact) mass is 295 g/mol. The van der Waals surface area contributed by atoms with Crippen molar-refractivity contribution in [1.29, 1.82) is 0 Å². The second-order valence-corrected chi connectivity index (χ2v) is 4.05. The van der Waals surface area contributed by atoms with Gasteiger partial charge in [-0.3, -0.25) is 4.98 Å². The molecule has 6 heteroatoms. The molecule has 0 saturated carbocycles. The number of aryl methyl sites for hydroxylation is 1. The number of ether oxygens (including phenoxy) is 2. The van der Waals surface area contributed by atoms with Crippen molar-refractivity contribution in [3.05, 3.63) is 34.7 Å². The molecule has 0 aliphatic heterocycles. The second-order valence-electron chi connectivity index (χ2n) is 3.20. The van der Waals surface area contributed by atoms with E-state index in [4.69, 9.17) is 9.47 Å². The third-order valence-electron chi connectivity index (χ3n) is 2.04. The van der Waals surface area contributed by atoms with Crippen molar-refractivity contribution in [2.24, 2.45) is 0 Å². The zero-order valence-corrected chi connectivity index (χ0v) is 10.9. The molecule has 0 unspecified atom stereocenters. The number of rotatable bonds is 3. The standard InChI is InChI=1S/C11H10BrN3O2/c1-7-9(4-3-5-13-7)17-11-14-6-8(12)10(15-11)16-2/h3-6H,1-2H3. The van der Waals surface area contributed by atoms with Gasteiger partial charge in [-0.1, -0.05) is 0 Å². The van der Waals surface area contributed by atoms with E-state index in [1.54, 1.807) is 24.5 Å². The van der Waals surface area contributed by atoms with E-state index in [2.05, 4.69) is 30.9 Å². The molecule has 0 radical (unpaired) electrons. The summed E-state index contributed by atoms with van der Waals surface area (Å²) < 4.78 is 11.3. The molecule has 0 fully saturated rings. The molecule has 0 N–H and O–H groups in total. The van der Waals surface area contributed by atoms with Gasteiger partial charge in [0, 0.05) is 6.20 Å². The van der Waals surface area contributed by atoms with Crippen molar-refractivity contribution in [2.45, 2.75) is 6.92 Å². The molecule has 0 bridgehead atoms. The molecule has 0 aliphatic rings. The third kappa shape index (κ3) is 2.71. The molecular weight excluding hydrogens is 286 g/mol. The van der Waals surface area contributed by atoms with Gasteiger partial charge in [-0.25, -0.2) is 4.98 Å². The Bertz CT molecular complexity index is 534. The number of pyridine rings is 1. The SMILES string of the molecule is COc1nc(Oc2cccnc2C)ncc1Br. The first kappa shape index (κ1) is 11.8. The Hall–Kier alpha value is -1.69. The van der Waals surface area contributed by atoms with E-state index >= 15 is 0 Å². The number of hydrogen-bond donors (Lipinski definition) is 0. The van der Waals surface area contributed by atoms with Crippen LogP contribution < -0.4 is 9.47 Å². The summed E-state index contributed by atoms with van der Waals surface area (Å²) in [7, 11) is 1.53. The first-order valence-corrected chi connectivity index (χ1v) is 5.66. The number of aromatic nitrogens is 3. The van der Waals surface area contributed by atoms with Gasteiger partial charge in [-0.15, -0.1) is 0 Å². The molecule has 0 aliphatic carbocycles. The number of methoxy groups -OCH3 is 1. The summed E-state index contributed by atoms with van der Waals surface area (Å²) in [4.78, 5) is 12.2. The number of halogens is 1. The topological polar surface area (TPSA) is 57.1 Å². The summed E-state index contributed by atoms with van der Waals surface area (Å²) >= 11 is 3.27. The van der Waals surface area contributed by atoms with Crippen LogP contribution in [-0.4, -0.2) is 22.1 Å². The van der Waals surface area contributed by atoms with Gasteiger partial charge in [0.25, 0.3) is 0 Å². The van der Waals surface area contributed by atoms with E-state index < -0.39 is 0 Å². The molecule has 0 aromatic carbocycles. The van der Waals surface area contributed by atoms with E-state index in [1.807, 2.05) is 6.92 Å². The Morgan fingerprint density at radius 2 is 2.12 bits per heavy atom. The maximum Gasteiger partial charge on any atom is 0.325 e. The van der Waals surface area contributed by atoms with Crippen LogP contribution >= 0.6 is 15.9 Å². The van der Waals surface area contributed by atoms with Crippen LogP contribution in [0.2, 0.25) is 0 Å². The highest BCUT2D eigenvalue weighted by atomic mass is 79.9. The van der Waals surface area contributed by atoms with Gasteiger partial charge in [0.2, 0.25) is 5.88 Å². The molecule has 0 spiro atoms. The van der Waals surface area contributed by atoms with Crippen molar-refractivity contribution in [1.82, 2.24) is 15.0 Å². The predicted octanol–water partition coefficient (Wildman–Crippen LogP) is 2.74. The Morgan fingerprint density at radius 1 is 1.29 bits per heavy atom. The van der Waals surface area contributed by atoms with Gasteiger partial charge < -0.3 is 9.47 Å². The lowest BCUT2D eigenvalue weighted by Crippen LogP contribution is -1.97. The van der Waals surface area contributed by atoms with Crippen molar-refractivity contribution in [2.75, 3.05) is 7.11 Å². The predicted molar refractivity (Wildman–Crippen MR) is 65.3 cm³/mol. The maximum atomic E-state index is 5.52. The van der Waals surface area contributed by atoms with Crippen LogP contribution in [-0.2, 0) is 0 Å². The summed E-state index contributed by atoms with van der Waals surface area (Å²) in [5.41, 5.74) is 0.776. The fraction of sp³-hybridized carbons (Fsp3) is 0.182. The van der Waals surface area contributed by atoms with Gasteiger partial charge >= 0.3 is 6.01 Å². The van der Waals surface area contributed by atoms with E-state index in [1.165, 1.54) is 7.11 Å². The van der Waals surface area contributed by atoms with E-state index in [0.717, 1.165) is 5.69 Å². The third-order valence-corrected chi connectivity index (χ3v) is 2.59. The summed E-state index contributed by atoms with van der Waals surface area (Å²) in [6.07, 6.45) is 3.28. The van der Waals surface area contributed by atoms with Crippen molar-refractivity contribution < 1.29 is 9.47 Å². The van der Waals surface area contributed by atoms with Crippen molar-refractivity contribution in [3.8, 4) is 17.6 Å². The minimum absolute atomic E-state index is 0.223. The Balaban J connectivity index is 2.28. The van der Waals surface area contributed by atoms with Gasteiger partial charge in [0.1, 0.15) is 0 Å². The largest absolute Gasteiger partial charge is 0.480 e. The fourth-order valence-electron chi connectivity index (χ4n) is 1.20. The molecule has 88 valence electrons. The van der Waals surface area contributed by atoms with Gasteiger partial charge in [-0.05, 0) is 35.0 Å². The normalized spacial score (nSPS) is 10.1. The molecule has 17 heavy (non-hydrogen) atoms. The number of hydrogen-bond acceptors (Lipinski definition) is 5. The quantitative estimate of drug-likeness (QED) is 0.871. The van der Waals surface area contributed by atoms with Crippen LogP contribution in [0.25, 0.3) is 0 Å². The van der Waals surface area contributed by atoms with Crippen LogP contribution in [0, 0.1) is 6.92 Å². The summed E-state index contributed by atoms with van der Waals surface area (Å²) in [6.45, 7) is 1.85. The Morgan fingerprint density at radius 3 is 2.82 bits per heavy atom. The molecule has 0 saturated heterocycles. The lowest BCUT2D eigenvalue weighted by molar-refractivity contribution is 0.372. The minimum Gasteiger partial charge on any atom is -0.480 e. The van der Waals surface area contributed by atoms with Crippen LogP contribution in [0.4, 0.5) is 0 Å². The highest BCUT2D eigenvalue weighted by molar-refractivity contribution is 9.10. The summed E-state index contributed by atoms with van der Waals surface area (Å²) in [6, 6.07) is 3.82. The molecule has 2 heterocycles. The lowest BCUT2D eigenvalue weighted by Gasteiger charge is -2.07. The van der Waals surface area contributed by atoms with Gasteiger partial charge in [0.15, 0.2) is 5.75 Å². The minimum atomic E-state index is 0.223. The van der Waals surface area contributed by atoms with E-state index in [9.17, 15) is 0 Å². The average molecular weight is 296 g/mol. The molecule has 2 aromatic heterocycles. The van der Waals surface area contributed by atoms with Crippen molar-refractivity contribution >= 4 is 15.9 Å². The summed E-state index contributed by atoms with van der Waals surface area (Å²) in [5.74, 6) is 1.05. The number of nitrogens with zero attached hydrogens (tertiary/aromatic N) is 3. The summed E-state index contributed by atoms with van der Waals surface area (Å²) in [5, 5.41) is 0. The first-order valence-electron chi connectivity index (χ1n) is 4.86. The molecular formula is C11H10BrN3O2. The Kier molecular flexibility index (Phi) is 3.53. The average Bonchev–Trinajstić information content (AvgIpc) is 2.34. The molecule has 5 nitrogen and oxygen atoms in total. The maximum absolute atomic E-state index is 5.52. The fourth-order valence-corrected chi connectivity index (χ4v) is 1.56. The Labute approximate surface area is 107 Å². The smallest absolute Gasteiger partial charge is 0.325 e. The molecule has 0 amide bonds. The van der Waals surface area contributed by atoms with E-state index in [-0.39, 0.29) is 6.01 Å². The van der Waals surface area contributed by atoms with Crippen LogP contribution in [0.1, 0.15) is 5.69 Å². The molecule has 2 aromatic rings. The van der Waals surface area contributed by atoms with Gasteiger partial charge in [0.05, 0.1) is 23.5 Å². The van der Waals surface area contributed by atoms with E-state index in [0.29, 0.717) is 16.1 Å². The van der Waals surface area contributed by atoms with Crippen molar-refractivity contribution in [3.63, 3.8) is 0 Å². The molecule has 2 rings (SSSR count). The van der Waals surface area contributed by atoms with Crippen LogP contribution in [0.3, 0.4) is 0 Å². The highest BCUT2D eigenvalue weighted by Gasteiger charge is 2.08. The first-order chi connectivity index (χ1) is 8.20. The zero-order valence-electron chi connectivity index (χ0n) is 9.35. The van der Waals surface area contributed by atoms with Crippen LogP contribution in [0.5, 0.6) is 17.6 Å². The second kappa shape index (κ2) is 5.09. The van der Waals surface area contributed by atoms with Crippen LogP contribution in [0.15, 0.2) is 29.0 Å². The lowest BCUT2D eigenvalue weighted by atomic mass is 10.3.